The highest BCUT2D eigenvalue weighted by Crippen LogP contribution is 2.06. The lowest BCUT2D eigenvalue weighted by Crippen LogP contribution is -2.21. The Morgan fingerprint density at radius 3 is 2.56 bits per heavy atom. The smallest absolute Gasteiger partial charge is 0.333 e. The molecule has 0 aromatic heterocycles. The maximum Gasteiger partial charge on any atom is 0.333 e. The van der Waals surface area contributed by atoms with Gasteiger partial charge in [0.05, 0.1) is 6.10 Å². The van der Waals surface area contributed by atoms with Crippen LogP contribution in [0.3, 0.4) is 0 Å². The Labute approximate surface area is 106 Å². The quantitative estimate of drug-likeness (QED) is 0.471. The third kappa shape index (κ3) is 4.51. The van der Waals surface area contributed by atoms with Crippen molar-refractivity contribution in [3.05, 3.63) is 47.5 Å². The number of aliphatic hydroxyl groups is 1. The fourth-order valence-electron chi connectivity index (χ4n) is 1.36. The van der Waals surface area contributed by atoms with Crippen molar-refractivity contribution < 1.29 is 19.4 Å². The summed E-state index contributed by atoms with van der Waals surface area (Å²) in [6.45, 7) is 4.93. The van der Waals surface area contributed by atoms with Crippen LogP contribution in [0.4, 0.5) is 0 Å². The topological polar surface area (TPSA) is 63.6 Å². The van der Waals surface area contributed by atoms with Crippen molar-refractivity contribution in [1.82, 2.24) is 0 Å². The number of aldehydes is 1. The number of esters is 1. The Balaban J connectivity index is 2.43. The van der Waals surface area contributed by atoms with E-state index in [1.165, 1.54) is 0 Å². The second-order valence-electron chi connectivity index (χ2n) is 4.10. The van der Waals surface area contributed by atoms with Crippen LogP contribution in [-0.4, -0.2) is 30.1 Å². The van der Waals surface area contributed by atoms with E-state index in [1.54, 1.807) is 31.2 Å². The van der Waals surface area contributed by atoms with Crippen LogP contribution in [0.5, 0.6) is 0 Å². The van der Waals surface area contributed by atoms with E-state index in [2.05, 4.69) is 6.58 Å². The van der Waals surface area contributed by atoms with Gasteiger partial charge in [0.2, 0.25) is 0 Å². The average molecular weight is 248 g/mol. The number of ether oxygens (including phenoxy) is 1. The zero-order chi connectivity index (χ0) is 13.5. The predicted molar refractivity (Wildman–Crippen MR) is 67.3 cm³/mol. The van der Waals surface area contributed by atoms with Crippen molar-refractivity contribution in [2.24, 2.45) is 0 Å². The molecule has 0 radical (unpaired) electrons. The highest BCUT2D eigenvalue weighted by atomic mass is 16.5. The summed E-state index contributed by atoms with van der Waals surface area (Å²) in [6.07, 6.45) is 0.354. The van der Waals surface area contributed by atoms with Crippen molar-refractivity contribution >= 4 is 12.3 Å². The van der Waals surface area contributed by atoms with Gasteiger partial charge in [-0.15, -0.1) is 0 Å². The Morgan fingerprint density at radius 2 is 2.06 bits per heavy atom. The van der Waals surface area contributed by atoms with Crippen molar-refractivity contribution in [2.75, 3.05) is 6.61 Å². The van der Waals surface area contributed by atoms with Crippen molar-refractivity contribution in [2.45, 2.75) is 19.4 Å². The standard InChI is InChI=1S/C14H16O4/c1-10(2)14(17)18-9-13(16)7-11-3-5-12(8-15)6-4-11/h3-6,8,13,16H,1,7,9H2,2H3. The SMILES string of the molecule is C=C(C)C(=O)OCC(O)Cc1ccc(C=O)cc1. The van der Waals surface area contributed by atoms with Crippen LogP contribution in [0.2, 0.25) is 0 Å². The van der Waals surface area contributed by atoms with Crippen LogP contribution in [0.15, 0.2) is 36.4 Å². The molecule has 0 saturated heterocycles. The van der Waals surface area contributed by atoms with Gasteiger partial charge >= 0.3 is 5.97 Å². The third-order valence-corrected chi connectivity index (χ3v) is 2.34. The Kier molecular flexibility index (Phi) is 5.27. The average Bonchev–Trinajstić information content (AvgIpc) is 2.36. The molecule has 0 aliphatic heterocycles. The second-order valence-corrected chi connectivity index (χ2v) is 4.10. The molecule has 96 valence electrons. The van der Waals surface area contributed by atoms with E-state index in [9.17, 15) is 14.7 Å². The molecule has 1 aromatic carbocycles. The maximum absolute atomic E-state index is 11.1. The van der Waals surface area contributed by atoms with Gasteiger partial charge in [-0.1, -0.05) is 30.8 Å². The molecule has 0 aliphatic rings. The zero-order valence-corrected chi connectivity index (χ0v) is 10.3. The number of hydrogen-bond donors (Lipinski definition) is 1. The summed E-state index contributed by atoms with van der Waals surface area (Å²) in [4.78, 5) is 21.6. The molecule has 1 unspecified atom stereocenters. The number of rotatable bonds is 6. The van der Waals surface area contributed by atoms with Gasteiger partial charge in [0.1, 0.15) is 12.9 Å². The summed E-state index contributed by atoms with van der Waals surface area (Å²) in [5, 5.41) is 9.68. The first-order valence-electron chi connectivity index (χ1n) is 5.57. The van der Waals surface area contributed by atoms with E-state index in [0.29, 0.717) is 17.6 Å². The molecule has 0 saturated carbocycles. The van der Waals surface area contributed by atoms with Crippen LogP contribution >= 0.6 is 0 Å². The van der Waals surface area contributed by atoms with Crippen LogP contribution in [0.25, 0.3) is 0 Å². The summed E-state index contributed by atoms with van der Waals surface area (Å²) in [7, 11) is 0. The number of aliphatic hydroxyl groups excluding tert-OH is 1. The van der Waals surface area contributed by atoms with Gasteiger partial charge in [0, 0.05) is 17.6 Å². The number of benzene rings is 1. The van der Waals surface area contributed by atoms with Crippen LogP contribution in [0, 0.1) is 0 Å². The Hall–Kier alpha value is -1.94. The summed E-state index contributed by atoms with van der Waals surface area (Å²) >= 11 is 0. The first-order chi connectivity index (χ1) is 8.52. The lowest BCUT2D eigenvalue weighted by molar-refractivity contribution is -0.141. The lowest BCUT2D eigenvalue weighted by Gasteiger charge is -2.11. The van der Waals surface area contributed by atoms with Crippen molar-refractivity contribution in [1.29, 1.82) is 0 Å². The predicted octanol–water partition coefficient (Wildman–Crippen LogP) is 1.52. The monoisotopic (exact) mass is 248 g/mol. The normalized spacial score (nSPS) is 11.7. The van der Waals surface area contributed by atoms with Gasteiger partial charge in [-0.2, -0.15) is 0 Å². The minimum atomic E-state index is -0.768. The molecule has 0 fully saturated rings. The van der Waals surface area contributed by atoms with Crippen molar-refractivity contribution in [3.63, 3.8) is 0 Å². The highest BCUT2D eigenvalue weighted by Gasteiger charge is 2.10. The Bertz CT molecular complexity index is 434. The largest absolute Gasteiger partial charge is 0.460 e. The highest BCUT2D eigenvalue weighted by molar-refractivity contribution is 5.86. The zero-order valence-electron chi connectivity index (χ0n) is 10.3. The van der Waals surface area contributed by atoms with Gasteiger partial charge < -0.3 is 9.84 Å². The molecule has 0 aliphatic carbocycles. The van der Waals surface area contributed by atoms with Crippen LogP contribution < -0.4 is 0 Å². The summed E-state index contributed by atoms with van der Waals surface area (Å²) < 4.78 is 4.84. The summed E-state index contributed by atoms with van der Waals surface area (Å²) in [5.74, 6) is -0.509. The first kappa shape index (κ1) is 14.1. The molecule has 0 bridgehead atoms. The van der Waals surface area contributed by atoms with Gasteiger partial charge in [-0.25, -0.2) is 4.79 Å². The Morgan fingerprint density at radius 1 is 1.44 bits per heavy atom. The molecule has 1 aromatic rings. The maximum atomic E-state index is 11.1. The molecular weight excluding hydrogens is 232 g/mol. The molecule has 0 heterocycles. The van der Waals surface area contributed by atoms with Gasteiger partial charge in [0.15, 0.2) is 0 Å². The first-order valence-corrected chi connectivity index (χ1v) is 5.57. The molecule has 1 atom stereocenters. The third-order valence-electron chi connectivity index (χ3n) is 2.34. The molecule has 1 N–H and O–H groups in total. The second kappa shape index (κ2) is 6.71. The van der Waals surface area contributed by atoms with Gasteiger partial charge in [0.25, 0.3) is 0 Å². The molecule has 0 amide bonds. The number of carbonyl (C=O) groups is 2. The van der Waals surface area contributed by atoms with E-state index in [0.717, 1.165) is 11.8 Å². The molecular formula is C14H16O4. The van der Waals surface area contributed by atoms with E-state index >= 15 is 0 Å². The number of carbonyl (C=O) groups excluding carboxylic acids is 2. The van der Waals surface area contributed by atoms with Gasteiger partial charge in [-0.3, -0.25) is 4.79 Å². The summed E-state index contributed by atoms with van der Waals surface area (Å²) in [6, 6.07) is 6.87. The molecule has 0 spiro atoms. The molecule has 18 heavy (non-hydrogen) atoms. The van der Waals surface area contributed by atoms with Crippen LogP contribution in [0.1, 0.15) is 22.8 Å². The van der Waals surface area contributed by atoms with E-state index in [1.807, 2.05) is 0 Å². The molecule has 1 rings (SSSR count). The lowest BCUT2D eigenvalue weighted by atomic mass is 10.1. The van der Waals surface area contributed by atoms with E-state index in [-0.39, 0.29) is 6.61 Å². The minimum absolute atomic E-state index is 0.0683. The van der Waals surface area contributed by atoms with E-state index < -0.39 is 12.1 Å². The fourth-order valence-corrected chi connectivity index (χ4v) is 1.36. The summed E-state index contributed by atoms with van der Waals surface area (Å²) in [5.41, 5.74) is 1.76. The van der Waals surface area contributed by atoms with Crippen molar-refractivity contribution in [3.8, 4) is 0 Å². The van der Waals surface area contributed by atoms with Crippen LogP contribution in [-0.2, 0) is 16.0 Å². The molecule has 4 nitrogen and oxygen atoms in total. The minimum Gasteiger partial charge on any atom is -0.460 e. The fraction of sp³-hybridized carbons (Fsp3) is 0.286. The van der Waals surface area contributed by atoms with Gasteiger partial charge in [-0.05, 0) is 12.5 Å². The van der Waals surface area contributed by atoms with E-state index in [4.69, 9.17) is 4.74 Å². The number of hydrogen-bond acceptors (Lipinski definition) is 4. The molecule has 4 heteroatoms.